The highest BCUT2D eigenvalue weighted by molar-refractivity contribution is 6.09. The highest BCUT2D eigenvalue weighted by Gasteiger charge is 2.68. The second-order valence-electron chi connectivity index (χ2n) is 9.15. The number of carbonyl (C=O) groups excluding carboxylic acids is 2. The molecule has 33 heavy (non-hydrogen) atoms. The fourth-order valence-corrected chi connectivity index (χ4v) is 5.32. The molecule has 4 atom stereocenters. The van der Waals surface area contributed by atoms with E-state index < -0.39 is 41.2 Å². The molecule has 0 aliphatic carbocycles. The zero-order valence-corrected chi connectivity index (χ0v) is 18.8. The van der Waals surface area contributed by atoms with Crippen LogP contribution in [0, 0.1) is 17.8 Å². The van der Waals surface area contributed by atoms with Gasteiger partial charge in [-0.1, -0.05) is 56.3 Å². The second-order valence-corrected chi connectivity index (χ2v) is 9.15. The van der Waals surface area contributed by atoms with Crippen molar-refractivity contribution in [1.82, 2.24) is 10.2 Å². The second kappa shape index (κ2) is 8.51. The summed E-state index contributed by atoms with van der Waals surface area (Å²) in [4.78, 5) is 41.0. The highest BCUT2D eigenvalue weighted by atomic mass is 16.5. The molecule has 0 saturated carbocycles. The monoisotopic (exact) mass is 452 g/mol. The zero-order valence-electron chi connectivity index (χ0n) is 18.8. The Bertz CT molecular complexity index is 1090. The van der Waals surface area contributed by atoms with E-state index in [0.717, 1.165) is 10.5 Å². The van der Waals surface area contributed by atoms with E-state index in [1.807, 2.05) is 44.2 Å². The van der Waals surface area contributed by atoms with E-state index in [-0.39, 0.29) is 30.4 Å². The van der Waals surface area contributed by atoms with Crippen molar-refractivity contribution >= 4 is 17.8 Å². The third-order valence-electron chi connectivity index (χ3n) is 6.63. The summed E-state index contributed by atoms with van der Waals surface area (Å²) in [7, 11) is 1.41. The average molecular weight is 453 g/mol. The normalized spacial score (nSPS) is 26.7. The van der Waals surface area contributed by atoms with Crippen molar-refractivity contribution < 1.29 is 29.3 Å². The van der Waals surface area contributed by atoms with Crippen molar-refractivity contribution in [2.75, 3.05) is 7.11 Å². The number of carboxylic acids is 1. The number of aliphatic carboxylic acids is 1. The molecule has 0 spiro atoms. The largest absolute Gasteiger partial charge is 0.504 e. The fourth-order valence-electron chi connectivity index (χ4n) is 5.32. The molecule has 4 rings (SSSR count). The maximum Gasteiger partial charge on any atom is 0.324 e. The van der Waals surface area contributed by atoms with E-state index in [0.29, 0.717) is 5.56 Å². The minimum atomic E-state index is -1.64. The number of imide groups is 1. The van der Waals surface area contributed by atoms with Gasteiger partial charge in [0.05, 0.1) is 25.5 Å². The van der Waals surface area contributed by atoms with Crippen LogP contribution in [0.2, 0.25) is 0 Å². The topological polar surface area (TPSA) is 116 Å². The molecule has 174 valence electrons. The molecule has 0 bridgehead atoms. The van der Waals surface area contributed by atoms with Crippen molar-refractivity contribution in [3.8, 4) is 11.5 Å². The lowest BCUT2D eigenvalue weighted by atomic mass is 9.75. The van der Waals surface area contributed by atoms with Crippen LogP contribution in [-0.4, -0.2) is 45.5 Å². The Labute approximate surface area is 192 Å². The number of phenolic OH excluding ortho intramolecular Hbond substituents is 1. The molecule has 0 radical (unpaired) electrons. The summed E-state index contributed by atoms with van der Waals surface area (Å²) in [6.45, 7) is 3.82. The summed E-state index contributed by atoms with van der Waals surface area (Å²) in [5.74, 6) is -4.21. The minimum Gasteiger partial charge on any atom is -0.504 e. The number of amides is 2. The first-order valence-corrected chi connectivity index (χ1v) is 11.0. The number of likely N-dealkylation sites (tertiary alicyclic amines) is 1. The third kappa shape index (κ3) is 3.64. The number of nitrogens with zero attached hydrogens (tertiary/aromatic N) is 1. The van der Waals surface area contributed by atoms with E-state index in [1.54, 1.807) is 18.2 Å². The number of aromatic hydroxyl groups is 1. The first kappa shape index (κ1) is 22.8. The van der Waals surface area contributed by atoms with Crippen molar-refractivity contribution in [3.05, 3.63) is 59.7 Å². The maximum absolute atomic E-state index is 13.6. The van der Waals surface area contributed by atoms with Gasteiger partial charge in [-0.2, -0.15) is 0 Å². The van der Waals surface area contributed by atoms with Crippen LogP contribution >= 0.6 is 0 Å². The van der Waals surface area contributed by atoms with E-state index in [9.17, 15) is 24.6 Å². The Morgan fingerprint density at radius 2 is 1.82 bits per heavy atom. The van der Waals surface area contributed by atoms with Crippen LogP contribution in [-0.2, 0) is 20.9 Å². The Morgan fingerprint density at radius 3 is 2.42 bits per heavy atom. The van der Waals surface area contributed by atoms with Crippen LogP contribution in [0.4, 0.5) is 0 Å². The zero-order chi connectivity index (χ0) is 23.9. The molecule has 2 aliphatic heterocycles. The van der Waals surface area contributed by atoms with Gasteiger partial charge < -0.3 is 14.9 Å². The third-order valence-corrected chi connectivity index (χ3v) is 6.63. The molecule has 2 amide bonds. The first-order valence-electron chi connectivity index (χ1n) is 11.0. The van der Waals surface area contributed by atoms with E-state index in [2.05, 4.69) is 5.32 Å². The molecule has 2 fully saturated rings. The number of para-hydroxylation sites is 1. The molecule has 2 aromatic carbocycles. The lowest BCUT2D eigenvalue weighted by molar-refractivity contribution is -0.152. The number of fused-ring (bicyclic) bond motifs is 1. The molecule has 8 heteroatoms. The number of nitrogens with one attached hydrogen (secondary N) is 1. The summed E-state index contributed by atoms with van der Waals surface area (Å²) in [5.41, 5.74) is -0.534. The molecule has 2 aliphatic rings. The maximum atomic E-state index is 13.6. The number of hydrogen-bond donors (Lipinski definition) is 3. The number of phenols is 1. The van der Waals surface area contributed by atoms with Crippen LogP contribution in [0.3, 0.4) is 0 Å². The van der Waals surface area contributed by atoms with E-state index >= 15 is 0 Å². The molecule has 2 saturated heterocycles. The summed E-state index contributed by atoms with van der Waals surface area (Å²) < 4.78 is 5.21. The SMILES string of the molecule is COc1cccc([C@@H]2N[C@](CC(C)C)(C(=O)O)[C@H]3C(=O)N(Cc4ccccc4)C(=O)[C@H]23)c1O. The number of benzene rings is 2. The lowest BCUT2D eigenvalue weighted by Gasteiger charge is -2.32. The quantitative estimate of drug-likeness (QED) is 0.553. The van der Waals surface area contributed by atoms with Crippen molar-refractivity contribution in [2.45, 2.75) is 38.4 Å². The van der Waals surface area contributed by atoms with Gasteiger partial charge in [0.15, 0.2) is 11.5 Å². The lowest BCUT2D eigenvalue weighted by Crippen LogP contribution is -2.56. The molecule has 0 aromatic heterocycles. The molecule has 2 aromatic rings. The van der Waals surface area contributed by atoms with Crippen LogP contribution in [0.15, 0.2) is 48.5 Å². The van der Waals surface area contributed by atoms with Gasteiger partial charge in [-0.25, -0.2) is 0 Å². The smallest absolute Gasteiger partial charge is 0.324 e. The number of ether oxygens (including phenoxy) is 1. The van der Waals surface area contributed by atoms with Gasteiger partial charge in [-0.3, -0.25) is 24.6 Å². The summed E-state index contributed by atoms with van der Waals surface area (Å²) in [5, 5.41) is 24.2. The Morgan fingerprint density at radius 1 is 1.12 bits per heavy atom. The molecule has 3 N–H and O–H groups in total. The van der Waals surface area contributed by atoms with Crippen molar-refractivity contribution in [1.29, 1.82) is 0 Å². The van der Waals surface area contributed by atoms with Crippen LogP contribution in [0.5, 0.6) is 11.5 Å². The molecular formula is C25H28N2O6. The van der Waals surface area contributed by atoms with Gasteiger partial charge in [0.1, 0.15) is 5.54 Å². The van der Waals surface area contributed by atoms with Gasteiger partial charge in [-0.15, -0.1) is 0 Å². The van der Waals surface area contributed by atoms with E-state index in [1.165, 1.54) is 7.11 Å². The number of methoxy groups -OCH3 is 1. The highest BCUT2D eigenvalue weighted by Crippen LogP contribution is 2.53. The molecule has 8 nitrogen and oxygen atoms in total. The van der Waals surface area contributed by atoms with Crippen LogP contribution in [0.25, 0.3) is 0 Å². The predicted octanol–water partition coefficient (Wildman–Crippen LogP) is 2.72. The first-order chi connectivity index (χ1) is 15.7. The van der Waals surface area contributed by atoms with Gasteiger partial charge in [-0.05, 0) is 24.0 Å². The summed E-state index contributed by atoms with van der Waals surface area (Å²) in [6.07, 6.45) is 0.156. The number of rotatable bonds is 7. The van der Waals surface area contributed by atoms with Crippen LogP contribution < -0.4 is 10.1 Å². The molecular weight excluding hydrogens is 424 g/mol. The van der Waals surface area contributed by atoms with Gasteiger partial charge in [0, 0.05) is 11.6 Å². The summed E-state index contributed by atoms with van der Waals surface area (Å²) in [6, 6.07) is 13.1. The minimum absolute atomic E-state index is 0.0574. The number of carboxylic acid groups (broad SMARTS) is 1. The Hall–Kier alpha value is -3.39. The van der Waals surface area contributed by atoms with Crippen molar-refractivity contribution in [2.24, 2.45) is 17.8 Å². The number of carbonyl (C=O) groups is 3. The predicted molar refractivity (Wildman–Crippen MR) is 119 cm³/mol. The van der Waals surface area contributed by atoms with Gasteiger partial charge in [0.25, 0.3) is 0 Å². The van der Waals surface area contributed by atoms with Crippen molar-refractivity contribution in [3.63, 3.8) is 0 Å². The number of hydrogen-bond acceptors (Lipinski definition) is 6. The average Bonchev–Trinajstić information content (AvgIpc) is 3.24. The standard InChI is InChI=1S/C25H28N2O6/c1-14(2)12-25(24(31)32)19-18(20(26-25)16-10-7-11-17(33-3)21(16)28)22(29)27(23(19)30)13-15-8-5-4-6-9-15/h4-11,14,18-20,26,28H,12-13H2,1-3H3,(H,31,32)/t18-,19+,20-,25-/m0/s1. The Balaban J connectivity index is 1.83. The Kier molecular flexibility index (Phi) is 5.88. The van der Waals surface area contributed by atoms with Gasteiger partial charge >= 0.3 is 5.97 Å². The molecule has 0 unspecified atom stereocenters. The molecule has 2 heterocycles. The van der Waals surface area contributed by atoms with E-state index in [4.69, 9.17) is 4.74 Å². The van der Waals surface area contributed by atoms with Crippen LogP contribution in [0.1, 0.15) is 37.4 Å². The summed E-state index contributed by atoms with van der Waals surface area (Å²) >= 11 is 0. The fraction of sp³-hybridized carbons (Fsp3) is 0.400. The van der Waals surface area contributed by atoms with Gasteiger partial charge in [0.2, 0.25) is 11.8 Å².